The number of hydrogen-bond acceptors (Lipinski definition) is 3. The first-order valence-corrected chi connectivity index (χ1v) is 6.46. The Morgan fingerprint density at radius 3 is 2.48 bits per heavy atom. The van der Waals surface area contributed by atoms with Crippen molar-refractivity contribution in [3.05, 3.63) is 54.6 Å². The molecule has 0 fully saturated rings. The summed E-state index contributed by atoms with van der Waals surface area (Å²) in [5.41, 5.74) is 5.96. The van der Waals surface area contributed by atoms with Crippen molar-refractivity contribution in [3.8, 4) is 0 Å². The third-order valence-corrected chi connectivity index (χ3v) is 3.13. The molecule has 4 N–H and O–H groups in total. The smallest absolute Gasteiger partial charge is 0.337 e. The van der Waals surface area contributed by atoms with E-state index in [2.05, 4.69) is 11.9 Å². The van der Waals surface area contributed by atoms with Crippen molar-refractivity contribution in [1.82, 2.24) is 0 Å². The summed E-state index contributed by atoms with van der Waals surface area (Å²) in [7, 11) is 0. The van der Waals surface area contributed by atoms with E-state index in [4.69, 9.17) is 5.73 Å². The zero-order chi connectivity index (χ0) is 15.4. The van der Waals surface area contributed by atoms with Crippen LogP contribution in [-0.4, -0.2) is 23.0 Å². The Hall–Kier alpha value is -2.66. The molecule has 1 unspecified atom stereocenters. The number of amides is 1. The summed E-state index contributed by atoms with van der Waals surface area (Å²) in [6, 6.07) is 9.75. The molecule has 1 amide bonds. The first-order valence-electron chi connectivity index (χ1n) is 6.46. The predicted molar refractivity (Wildman–Crippen MR) is 82.3 cm³/mol. The molecular formula is C16H16N2O3. The topological polar surface area (TPSA) is 92.4 Å². The van der Waals surface area contributed by atoms with Gasteiger partial charge in [0.05, 0.1) is 17.3 Å². The maximum absolute atomic E-state index is 11.9. The Balaban J connectivity index is 2.41. The van der Waals surface area contributed by atoms with Gasteiger partial charge >= 0.3 is 5.97 Å². The average molecular weight is 284 g/mol. The number of fused-ring (bicyclic) bond motifs is 1. The number of carbonyl (C=O) groups is 2. The molecular weight excluding hydrogens is 268 g/mol. The Kier molecular flexibility index (Phi) is 4.35. The van der Waals surface area contributed by atoms with Crippen LogP contribution >= 0.6 is 0 Å². The molecule has 0 radical (unpaired) electrons. The highest BCUT2D eigenvalue weighted by molar-refractivity contribution is 6.06. The van der Waals surface area contributed by atoms with E-state index in [1.165, 1.54) is 6.07 Å². The van der Waals surface area contributed by atoms with Gasteiger partial charge in [-0.15, -0.1) is 6.58 Å². The minimum absolute atomic E-state index is 0.0350. The number of carboxylic acid groups (broad SMARTS) is 1. The summed E-state index contributed by atoms with van der Waals surface area (Å²) in [5.74, 6) is -1.54. The van der Waals surface area contributed by atoms with Crippen LogP contribution in [0.15, 0.2) is 49.1 Å². The molecule has 0 aliphatic carbocycles. The number of rotatable bonds is 5. The summed E-state index contributed by atoms with van der Waals surface area (Å²) in [6.45, 7) is 3.52. The number of carbonyl (C=O) groups excluding carboxylic acids is 1. The Bertz CT molecular complexity index is 710. The molecule has 5 heteroatoms. The maximum atomic E-state index is 11.9. The number of benzene rings is 2. The van der Waals surface area contributed by atoms with E-state index in [1.807, 2.05) is 24.3 Å². The van der Waals surface area contributed by atoms with Gasteiger partial charge in [0.2, 0.25) is 5.91 Å². The van der Waals surface area contributed by atoms with Gasteiger partial charge in [-0.05, 0) is 29.3 Å². The van der Waals surface area contributed by atoms with Crippen LogP contribution in [0.5, 0.6) is 0 Å². The van der Waals surface area contributed by atoms with Crippen molar-refractivity contribution in [2.45, 2.75) is 12.5 Å². The van der Waals surface area contributed by atoms with Crippen LogP contribution in [0.3, 0.4) is 0 Å². The first-order chi connectivity index (χ1) is 10.0. The molecule has 0 aromatic heterocycles. The van der Waals surface area contributed by atoms with E-state index in [-0.39, 0.29) is 11.3 Å². The van der Waals surface area contributed by atoms with Crippen LogP contribution in [0.25, 0.3) is 10.8 Å². The minimum atomic E-state index is -1.10. The molecule has 0 spiro atoms. The fourth-order valence-corrected chi connectivity index (χ4v) is 2.03. The molecule has 2 aromatic carbocycles. The summed E-state index contributed by atoms with van der Waals surface area (Å²) in [5, 5.41) is 13.5. The maximum Gasteiger partial charge on any atom is 0.337 e. The monoisotopic (exact) mass is 284 g/mol. The zero-order valence-electron chi connectivity index (χ0n) is 11.4. The fourth-order valence-electron chi connectivity index (χ4n) is 2.03. The SMILES string of the molecule is C=CCC(N)C(=O)Nc1cc2ccccc2cc1C(=O)O. The largest absolute Gasteiger partial charge is 0.478 e. The lowest BCUT2D eigenvalue weighted by Crippen LogP contribution is -2.35. The summed E-state index contributed by atoms with van der Waals surface area (Å²) in [6.07, 6.45) is 1.87. The van der Waals surface area contributed by atoms with E-state index in [0.717, 1.165) is 10.8 Å². The molecule has 0 bridgehead atoms. The number of nitrogens with two attached hydrogens (primary N) is 1. The van der Waals surface area contributed by atoms with Gasteiger partial charge in [-0.3, -0.25) is 4.79 Å². The summed E-state index contributed by atoms with van der Waals surface area (Å²) in [4.78, 5) is 23.3. The van der Waals surface area contributed by atoms with Crippen LogP contribution in [0, 0.1) is 0 Å². The van der Waals surface area contributed by atoms with Gasteiger partial charge in [0, 0.05) is 0 Å². The highest BCUT2D eigenvalue weighted by Gasteiger charge is 2.17. The summed E-state index contributed by atoms with van der Waals surface area (Å²) >= 11 is 0. The highest BCUT2D eigenvalue weighted by atomic mass is 16.4. The van der Waals surface area contributed by atoms with Gasteiger partial charge in [-0.1, -0.05) is 30.3 Å². The third kappa shape index (κ3) is 3.27. The third-order valence-electron chi connectivity index (χ3n) is 3.13. The Labute approximate surface area is 122 Å². The molecule has 5 nitrogen and oxygen atoms in total. The zero-order valence-corrected chi connectivity index (χ0v) is 11.4. The van der Waals surface area contributed by atoms with Gasteiger partial charge < -0.3 is 16.2 Å². The van der Waals surface area contributed by atoms with Gasteiger partial charge in [-0.2, -0.15) is 0 Å². The molecule has 108 valence electrons. The van der Waals surface area contributed by atoms with Crippen LogP contribution in [0.1, 0.15) is 16.8 Å². The predicted octanol–water partition coefficient (Wildman–Crippen LogP) is 2.38. The van der Waals surface area contributed by atoms with Gasteiger partial charge in [-0.25, -0.2) is 4.79 Å². The molecule has 0 heterocycles. The van der Waals surface area contributed by atoms with E-state index in [1.54, 1.807) is 12.1 Å². The molecule has 0 aliphatic heterocycles. The standard InChI is InChI=1S/C16H16N2O3/c1-2-5-13(17)15(19)18-14-9-11-7-4-3-6-10(11)8-12(14)16(20)21/h2-4,6-9,13H,1,5,17H2,(H,18,19)(H,20,21). The molecule has 0 saturated carbocycles. The second-order valence-corrected chi connectivity index (χ2v) is 4.67. The first kappa shape index (κ1) is 14.7. The molecule has 21 heavy (non-hydrogen) atoms. The van der Waals surface area contributed by atoms with Crippen LogP contribution < -0.4 is 11.1 Å². The van der Waals surface area contributed by atoms with Gasteiger partial charge in [0.25, 0.3) is 0 Å². The van der Waals surface area contributed by atoms with Crippen LogP contribution in [0.2, 0.25) is 0 Å². The van der Waals surface area contributed by atoms with Crippen LogP contribution in [0.4, 0.5) is 5.69 Å². The van der Waals surface area contributed by atoms with E-state index in [0.29, 0.717) is 6.42 Å². The number of hydrogen-bond donors (Lipinski definition) is 3. The number of aromatic carboxylic acids is 1. The average Bonchev–Trinajstić information content (AvgIpc) is 2.46. The van der Waals surface area contributed by atoms with E-state index in [9.17, 15) is 14.7 Å². The van der Waals surface area contributed by atoms with Gasteiger partial charge in [0.15, 0.2) is 0 Å². The molecule has 2 rings (SSSR count). The van der Waals surface area contributed by atoms with Crippen molar-refractivity contribution in [2.75, 3.05) is 5.32 Å². The molecule has 0 saturated heterocycles. The highest BCUT2D eigenvalue weighted by Crippen LogP contribution is 2.24. The van der Waals surface area contributed by atoms with Crippen molar-refractivity contribution < 1.29 is 14.7 Å². The lowest BCUT2D eigenvalue weighted by Gasteiger charge is -2.13. The quantitative estimate of drug-likeness (QED) is 0.735. The molecule has 0 aliphatic rings. The number of carboxylic acids is 1. The number of anilines is 1. The lowest BCUT2D eigenvalue weighted by molar-refractivity contribution is -0.117. The Morgan fingerprint density at radius 1 is 1.29 bits per heavy atom. The lowest BCUT2D eigenvalue weighted by atomic mass is 10.0. The molecule has 1 atom stereocenters. The fraction of sp³-hybridized carbons (Fsp3) is 0.125. The second-order valence-electron chi connectivity index (χ2n) is 4.67. The number of nitrogens with one attached hydrogen (secondary N) is 1. The molecule has 2 aromatic rings. The second kappa shape index (κ2) is 6.19. The van der Waals surface area contributed by atoms with Crippen molar-refractivity contribution in [2.24, 2.45) is 5.73 Å². The van der Waals surface area contributed by atoms with Gasteiger partial charge in [0.1, 0.15) is 0 Å². The van der Waals surface area contributed by atoms with Crippen molar-refractivity contribution in [3.63, 3.8) is 0 Å². The van der Waals surface area contributed by atoms with Crippen LogP contribution in [-0.2, 0) is 4.79 Å². The van der Waals surface area contributed by atoms with E-state index < -0.39 is 17.9 Å². The normalized spacial score (nSPS) is 11.9. The summed E-state index contributed by atoms with van der Waals surface area (Å²) < 4.78 is 0. The van der Waals surface area contributed by atoms with Crippen molar-refractivity contribution >= 4 is 28.3 Å². The Morgan fingerprint density at radius 2 is 1.90 bits per heavy atom. The minimum Gasteiger partial charge on any atom is -0.478 e. The van der Waals surface area contributed by atoms with Crippen molar-refractivity contribution in [1.29, 1.82) is 0 Å². The van der Waals surface area contributed by atoms with E-state index >= 15 is 0 Å².